The average Bonchev–Trinajstić information content (AvgIpc) is 2.30. The number of esters is 1. The molecule has 19 heavy (non-hydrogen) atoms. The van der Waals surface area contributed by atoms with Gasteiger partial charge in [-0.3, -0.25) is 4.79 Å². The molecule has 2 unspecified atom stereocenters. The largest absolute Gasteiger partial charge is 0.459 e. The number of rotatable bonds is 9. The van der Waals surface area contributed by atoms with Gasteiger partial charge in [0.25, 0.3) is 0 Å². The summed E-state index contributed by atoms with van der Waals surface area (Å²) in [6.07, 6.45) is 3.07. The van der Waals surface area contributed by atoms with Gasteiger partial charge in [0.15, 0.2) is 0 Å². The quantitative estimate of drug-likeness (QED) is 0.453. The molecule has 4 heteroatoms. The predicted molar refractivity (Wildman–Crippen MR) is 81.4 cm³/mol. The van der Waals surface area contributed by atoms with Gasteiger partial charge in [0.1, 0.15) is 10.9 Å². The SMILES string of the molecule is CCCC(SCCCC(F)CC)C(=O)OC(C)(C)C. The molecule has 0 aliphatic rings. The smallest absolute Gasteiger partial charge is 0.319 e. The first kappa shape index (κ1) is 18.8. The van der Waals surface area contributed by atoms with Crippen LogP contribution in [-0.4, -0.2) is 28.7 Å². The summed E-state index contributed by atoms with van der Waals surface area (Å²) >= 11 is 1.61. The maximum Gasteiger partial charge on any atom is 0.319 e. The van der Waals surface area contributed by atoms with Crippen molar-refractivity contribution in [3.8, 4) is 0 Å². The van der Waals surface area contributed by atoms with Gasteiger partial charge in [0.2, 0.25) is 0 Å². The molecule has 0 spiro atoms. The standard InChI is InChI=1S/C15H29FO2S/c1-6-9-13(14(17)18-15(3,4)5)19-11-8-10-12(16)7-2/h12-13H,6-11H2,1-5H3. The lowest BCUT2D eigenvalue weighted by Crippen LogP contribution is -2.30. The Bertz CT molecular complexity index is 251. The minimum Gasteiger partial charge on any atom is -0.459 e. The van der Waals surface area contributed by atoms with E-state index in [1.807, 2.05) is 27.7 Å². The Morgan fingerprint density at radius 3 is 2.37 bits per heavy atom. The molecule has 0 aromatic carbocycles. The van der Waals surface area contributed by atoms with E-state index in [0.29, 0.717) is 12.8 Å². The van der Waals surface area contributed by atoms with Gasteiger partial charge in [-0.15, -0.1) is 11.8 Å². The van der Waals surface area contributed by atoms with E-state index in [9.17, 15) is 9.18 Å². The second kappa shape index (κ2) is 9.62. The van der Waals surface area contributed by atoms with Gasteiger partial charge < -0.3 is 4.74 Å². The van der Waals surface area contributed by atoms with E-state index in [1.165, 1.54) is 0 Å². The van der Waals surface area contributed by atoms with Crippen molar-refractivity contribution in [3.63, 3.8) is 0 Å². The zero-order valence-electron chi connectivity index (χ0n) is 13.0. The molecule has 0 radical (unpaired) electrons. The van der Waals surface area contributed by atoms with Crippen molar-refractivity contribution in [2.24, 2.45) is 0 Å². The molecule has 0 aromatic rings. The molecule has 114 valence electrons. The Morgan fingerprint density at radius 2 is 1.89 bits per heavy atom. The lowest BCUT2D eigenvalue weighted by atomic mass is 10.2. The highest BCUT2D eigenvalue weighted by Crippen LogP contribution is 2.22. The van der Waals surface area contributed by atoms with E-state index in [2.05, 4.69) is 6.92 Å². The van der Waals surface area contributed by atoms with Crippen molar-refractivity contribution in [1.82, 2.24) is 0 Å². The highest BCUT2D eigenvalue weighted by atomic mass is 32.2. The number of hydrogen-bond donors (Lipinski definition) is 0. The lowest BCUT2D eigenvalue weighted by molar-refractivity contribution is -0.154. The molecule has 0 rings (SSSR count). The third kappa shape index (κ3) is 10.2. The Hall–Kier alpha value is -0.250. The second-order valence-corrected chi connectivity index (χ2v) is 7.14. The van der Waals surface area contributed by atoms with Crippen LogP contribution >= 0.6 is 11.8 Å². The van der Waals surface area contributed by atoms with Crippen LogP contribution in [0.25, 0.3) is 0 Å². The van der Waals surface area contributed by atoms with Crippen LogP contribution in [-0.2, 0) is 9.53 Å². The van der Waals surface area contributed by atoms with Gasteiger partial charge in [-0.25, -0.2) is 4.39 Å². The summed E-state index contributed by atoms with van der Waals surface area (Å²) in [6.45, 7) is 9.57. The summed E-state index contributed by atoms with van der Waals surface area (Å²) < 4.78 is 18.5. The molecule has 0 saturated heterocycles. The van der Waals surface area contributed by atoms with Gasteiger partial charge >= 0.3 is 5.97 Å². The van der Waals surface area contributed by atoms with Crippen LogP contribution in [0.2, 0.25) is 0 Å². The third-order valence-electron chi connectivity index (χ3n) is 2.64. The molecule has 2 nitrogen and oxygen atoms in total. The first-order chi connectivity index (χ1) is 8.80. The molecule has 0 aromatic heterocycles. The molecule has 2 atom stereocenters. The maximum absolute atomic E-state index is 13.1. The maximum atomic E-state index is 13.1. The van der Waals surface area contributed by atoms with Gasteiger partial charge in [0.05, 0.1) is 6.17 Å². The second-order valence-electron chi connectivity index (χ2n) is 5.83. The summed E-state index contributed by atoms with van der Waals surface area (Å²) in [4.78, 5) is 12.0. The van der Waals surface area contributed by atoms with E-state index in [4.69, 9.17) is 4.74 Å². The summed E-state index contributed by atoms with van der Waals surface area (Å²) in [5, 5.41) is -0.107. The Labute approximate surface area is 121 Å². The third-order valence-corrected chi connectivity index (χ3v) is 4.00. The van der Waals surface area contributed by atoms with Gasteiger partial charge in [-0.1, -0.05) is 20.3 Å². The molecule has 0 N–H and O–H groups in total. The first-order valence-electron chi connectivity index (χ1n) is 7.28. The number of hydrogen-bond acceptors (Lipinski definition) is 3. The molecule has 0 amide bonds. The highest BCUT2D eigenvalue weighted by Gasteiger charge is 2.24. The van der Waals surface area contributed by atoms with Crippen LogP contribution < -0.4 is 0 Å². The van der Waals surface area contributed by atoms with Gasteiger partial charge in [0, 0.05) is 0 Å². The van der Waals surface area contributed by atoms with Crippen LogP contribution in [0.1, 0.15) is 66.7 Å². The van der Waals surface area contributed by atoms with E-state index < -0.39 is 11.8 Å². The topological polar surface area (TPSA) is 26.3 Å². The van der Waals surface area contributed by atoms with E-state index >= 15 is 0 Å². The summed E-state index contributed by atoms with van der Waals surface area (Å²) in [5.41, 5.74) is -0.435. The molecule has 0 aliphatic carbocycles. The number of halogens is 1. The normalized spacial score (nSPS) is 15.1. The molecule has 0 heterocycles. The Kier molecular flexibility index (Phi) is 9.50. The number of ether oxygens (including phenoxy) is 1. The van der Waals surface area contributed by atoms with E-state index in [-0.39, 0.29) is 11.2 Å². The fraction of sp³-hybridized carbons (Fsp3) is 0.933. The predicted octanol–water partition coefficient (Wildman–Crippen LogP) is 4.76. The van der Waals surface area contributed by atoms with Gasteiger partial charge in [-0.2, -0.15) is 0 Å². The Balaban J connectivity index is 4.08. The van der Waals surface area contributed by atoms with Crippen LogP contribution in [0.3, 0.4) is 0 Å². The minimum absolute atomic E-state index is 0.107. The monoisotopic (exact) mass is 292 g/mol. The van der Waals surface area contributed by atoms with Crippen LogP contribution in [0, 0.1) is 0 Å². The number of carbonyl (C=O) groups is 1. The van der Waals surface area contributed by atoms with Crippen molar-refractivity contribution < 1.29 is 13.9 Å². The Morgan fingerprint density at radius 1 is 1.26 bits per heavy atom. The van der Waals surface area contributed by atoms with E-state index in [1.54, 1.807) is 11.8 Å². The number of carbonyl (C=O) groups excluding carboxylic acids is 1. The molecule has 0 saturated carbocycles. The number of alkyl halides is 1. The average molecular weight is 292 g/mol. The van der Waals surface area contributed by atoms with Crippen LogP contribution in [0.5, 0.6) is 0 Å². The van der Waals surface area contributed by atoms with Crippen molar-refractivity contribution in [1.29, 1.82) is 0 Å². The molecule has 0 bridgehead atoms. The molecular formula is C15H29FO2S. The van der Waals surface area contributed by atoms with Crippen molar-refractivity contribution >= 4 is 17.7 Å². The van der Waals surface area contributed by atoms with Crippen LogP contribution in [0.4, 0.5) is 4.39 Å². The fourth-order valence-corrected chi connectivity index (χ4v) is 2.84. The molecule has 0 fully saturated rings. The first-order valence-corrected chi connectivity index (χ1v) is 8.33. The lowest BCUT2D eigenvalue weighted by Gasteiger charge is -2.23. The fourth-order valence-electron chi connectivity index (χ4n) is 1.63. The zero-order chi connectivity index (χ0) is 14.9. The van der Waals surface area contributed by atoms with Crippen molar-refractivity contribution in [2.45, 2.75) is 83.7 Å². The summed E-state index contributed by atoms with van der Waals surface area (Å²) in [5.74, 6) is 0.691. The zero-order valence-corrected chi connectivity index (χ0v) is 13.8. The summed E-state index contributed by atoms with van der Waals surface area (Å²) in [6, 6.07) is 0. The van der Waals surface area contributed by atoms with Crippen LogP contribution in [0.15, 0.2) is 0 Å². The number of thioether (sulfide) groups is 1. The van der Waals surface area contributed by atoms with Crippen molar-refractivity contribution in [3.05, 3.63) is 0 Å². The van der Waals surface area contributed by atoms with Crippen molar-refractivity contribution in [2.75, 3.05) is 5.75 Å². The highest BCUT2D eigenvalue weighted by molar-refractivity contribution is 8.00. The minimum atomic E-state index is -0.702. The summed E-state index contributed by atoms with van der Waals surface area (Å²) in [7, 11) is 0. The molecule has 0 aliphatic heterocycles. The molecular weight excluding hydrogens is 263 g/mol. The van der Waals surface area contributed by atoms with E-state index in [0.717, 1.165) is 25.0 Å². The van der Waals surface area contributed by atoms with Gasteiger partial charge in [-0.05, 0) is 52.2 Å².